The summed E-state index contributed by atoms with van der Waals surface area (Å²) in [5.41, 5.74) is 2.48. The van der Waals surface area contributed by atoms with Crippen LogP contribution < -0.4 is 9.47 Å². The van der Waals surface area contributed by atoms with Crippen molar-refractivity contribution in [3.63, 3.8) is 0 Å². The molecule has 2 aliphatic rings. The van der Waals surface area contributed by atoms with E-state index in [2.05, 4.69) is 10.1 Å². The van der Waals surface area contributed by atoms with Crippen LogP contribution in [0.5, 0.6) is 11.5 Å². The van der Waals surface area contributed by atoms with Gasteiger partial charge in [-0.2, -0.15) is 4.98 Å². The predicted octanol–water partition coefficient (Wildman–Crippen LogP) is 4.62. The summed E-state index contributed by atoms with van der Waals surface area (Å²) in [5, 5.41) is 3.87. The van der Waals surface area contributed by atoms with Crippen molar-refractivity contribution in [2.75, 3.05) is 20.3 Å². The lowest BCUT2D eigenvalue weighted by atomic mass is 9.96. The minimum Gasteiger partial charge on any atom is -0.493 e. The number of aromatic nitrogens is 2. The molecule has 182 valence electrons. The molecular formula is C26H26N2O7. The molecule has 0 unspecified atom stereocenters. The lowest BCUT2D eigenvalue weighted by Crippen LogP contribution is -2.30. The maximum absolute atomic E-state index is 11.8. The highest BCUT2D eigenvalue weighted by molar-refractivity contribution is 5.84. The number of carbonyl (C=O) groups is 1. The van der Waals surface area contributed by atoms with Crippen LogP contribution in [0.1, 0.15) is 41.6 Å². The monoisotopic (exact) mass is 478 g/mol. The first-order valence-electron chi connectivity index (χ1n) is 11.5. The molecule has 0 atom stereocenters. The van der Waals surface area contributed by atoms with E-state index in [1.54, 1.807) is 26.6 Å². The van der Waals surface area contributed by atoms with E-state index in [0.29, 0.717) is 41.8 Å². The minimum atomic E-state index is -1.03. The van der Waals surface area contributed by atoms with Crippen molar-refractivity contribution in [2.45, 2.75) is 32.0 Å². The van der Waals surface area contributed by atoms with E-state index in [4.69, 9.17) is 28.2 Å². The van der Waals surface area contributed by atoms with Gasteiger partial charge in [0.2, 0.25) is 5.82 Å². The van der Waals surface area contributed by atoms with Gasteiger partial charge < -0.3 is 28.2 Å². The fourth-order valence-electron chi connectivity index (χ4n) is 3.80. The number of benzene rings is 2. The molecule has 35 heavy (non-hydrogen) atoms. The number of ether oxygens (including phenoxy) is 5. The number of hydrogen-bond acceptors (Lipinski definition) is 9. The van der Waals surface area contributed by atoms with Crippen LogP contribution in [0, 0.1) is 5.92 Å². The molecule has 0 saturated heterocycles. The molecule has 2 aromatic carbocycles. The van der Waals surface area contributed by atoms with Gasteiger partial charge in [0.1, 0.15) is 12.5 Å². The molecule has 2 heterocycles. The Kier molecular flexibility index (Phi) is 6.31. The molecule has 1 fully saturated rings. The standard InChI is InChI=1S/C26H26N2O7/c1-3-31-25(29)24-27-23(28-35-24)19-8-6-17(7-9-19)15-26(33-12-13-34-26)20-10-11-21(30-2)22(14-20)32-16-18-4-5-18/h6-14,18H,3-5,15-16H2,1-2H3. The second-order valence-corrected chi connectivity index (χ2v) is 8.40. The number of nitrogens with zero attached hydrogens (tertiary/aromatic N) is 2. The lowest BCUT2D eigenvalue weighted by molar-refractivity contribution is -0.148. The fraction of sp³-hybridized carbons (Fsp3) is 0.346. The second-order valence-electron chi connectivity index (χ2n) is 8.40. The number of hydrogen-bond donors (Lipinski definition) is 0. The van der Waals surface area contributed by atoms with E-state index in [1.165, 1.54) is 12.8 Å². The average Bonchev–Trinajstić information content (AvgIpc) is 3.36. The van der Waals surface area contributed by atoms with Gasteiger partial charge >= 0.3 is 11.9 Å². The van der Waals surface area contributed by atoms with Crippen molar-refractivity contribution in [2.24, 2.45) is 5.92 Å². The zero-order valence-corrected chi connectivity index (χ0v) is 19.6. The van der Waals surface area contributed by atoms with Crippen molar-refractivity contribution in [3.8, 4) is 22.9 Å². The first-order valence-corrected chi connectivity index (χ1v) is 11.5. The topological polar surface area (TPSA) is 102 Å². The van der Waals surface area contributed by atoms with Crippen molar-refractivity contribution in [1.29, 1.82) is 0 Å². The van der Waals surface area contributed by atoms with E-state index in [9.17, 15) is 4.79 Å². The van der Waals surface area contributed by atoms with Crippen LogP contribution in [0.4, 0.5) is 0 Å². The zero-order valence-electron chi connectivity index (χ0n) is 19.6. The van der Waals surface area contributed by atoms with Crippen LogP contribution in [0.3, 0.4) is 0 Å². The van der Waals surface area contributed by atoms with Gasteiger partial charge in [-0.05, 0) is 49.4 Å². The largest absolute Gasteiger partial charge is 0.493 e. The van der Waals surface area contributed by atoms with Crippen LogP contribution in [-0.2, 0) is 26.4 Å². The Balaban J connectivity index is 1.35. The predicted molar refractivity (Wildman–Crippen MR) is 124 cm³/mol. The van der Waals surface area contributed by atoms with Crippen LogP contribution in [-0.4, -0.2) is 36.4 Å². The zero-order chi connectivity index (χ0) is 24.3. The molecular weight excluding hydrogens is 452 g/mol. The molecule has 1 saturated carbocycles. The van der Waals surface area contributed by atoms with Gasteiger partial charge in [-0.15, -0.1) is 0 Å². The summed E-state index contributed by atoms with van der Waals surface area (Å²) in [6.45, 7) is 2.61. The van der Waals surface area contributed by atoms with Crippen LogP contribution in [0.2, 0.25) is 0 Å². The molecule has 1 aromatic heterocycles. The van der Waals surface area contributed by atoms with Crippen LogP contribution in [0.25, 0.3) is 11.4 Å². The Hall–Kier alpha value is -4.01. The SMILES string of the molecule is CCOC(=O)c1nc(-c2ccc(CC3(c4ccc(OC)c(OCC5CC5)c4)OC=CO3)cc2)no1. The second kappa shape index (κ2) is 9.69. The molecule has 0 N–H and O–H groups in total. The van der Waals surface area contributed by atoms with Crippen molar-refractivity contribution in [1.82, 2.24) is 10.1 Å². The fourth-order valence-corrected chi connectivity index (χ4v) is 3.80. The Morgan fingerprint density at radius 2 is 1.86 bits per heavy atom. The Bertz CT molecular complexity index is 1210. The van der Waals surface area contributed by atoms with Gasteiger partial charge in [0.25, 0.3) is 5.79 Å². The first kappa shape index (κ1) is 22.8. The summed E-state index contributed by atoms with van der Waals surface area (Å²) in [5.74, 6) is 0.397. The highest BCUT2D eigenvalue weighted by Gasteiger charge is 2.39. The van der Waals surface area contributed by atoms with Gasteiger partial charge in [0, 0.05) is 11.1 Å². The highest BCUT2D eigenvalue weighted by atomic mass is 16.7. The third kappa shape index (κ3) is 4.94. The average molecular weight is 479 g/mol. The van der Waals surface area contributed by atoms with E-state index < -0.39 is 11.8 Å². The molecule has 0 bridgehead atoms. The summed E-state index contributed by atoms with van der Waals surface area (Å²) in [6.07, 6.45) is 5.92. The van der Waals surface area contributed by atoms with E-state index >= 15 is 0 Å². The van der Waals surface area contributed by atoms with Gasteiger partial charge in [0.15, 0.2) is 11.5 Å². The molecule has 0 amide bonds. The van der Waals surface area contributed by atoms with Gasteiger partial charge in [-0.25, -0.2) is 4.79 Å². The third-order valence-corrected chi connectivity index (χ3v) is 5.87. The quantitative estimate of drug-likeness (QED) is 0.386. The Morgan fingerprint density at radius 1 is 1.09 bits per heavy atom. The van der Waals surface area contributed by atoms with E-state index in [0.717, 1.165) is 11.1 Å². The Labute approximate surface area is 202 Å². The summed E-state index contributed by atoms with van der Waals surface area (Å²) < 4.78 is 33.4. The number of methoxy groups -OCH3 is 1. The summed E-state index contributed by atoms with van der Waals surface area (Å²) in [4.78, 5) is 15.9. The maximum atomic E-state index is 11.8. The maximum Gasteiger partial charge on any atom is 0.397 e. The van der Waals surface area contributed by atoms with Crippen molar-refractivity contribution in [3.05, 3.63) is 72.0 Å². The molecule has 9 nitrogen and oxygen atoms in total. The van der Waals surface area contributed by atoms with E-state index in [-0.39, 0.29) is 12.5 Å². The normalized spacial score (nSPS) is 15.8. The van der Waals surface area contributed by atoms with Crippen LogP contribution >= 0.6 is 0 Å². The molecule has 3 aromatic rings. The molecule has 5 rings (SSSR count). The number of carbonyl (C=O) groups excluding carboxylic acids is 1. The van der Waals surface area contributed by atoms with Crippen LogP contribution in [0.15, 0.2) is 59.5 Å². The minimum absolute atomic E-state index is 0.178. The molecule has 0 radical (unpaired) electrons. The van der Waals surface area contributed by atoms with Gasteiger partial charge in [0.05, 0.1) is 26.7 Å². The number of esters is 1. The first-order chi connectivity index (χ1) is 17.1. The molecule has 1 aliphatic carbocycles. The van der Waals surface area contributed by atoms with Gasteiger partial charge in [-0.1, -0.05) is 29.4 Å². The molecule has 0 spiro atoms. The summed E-state index contributed by atoms with van der Waals surface area (Å²) >= 11 is 0. The Morgan fingerprint density at radius 3 is 2.54 bits per heavy atom. The summed E-state index contributed by atoms with van der Waals surface area (Å²) in [6, 6.07) is 13.3. The number of rotatable bonds is 10. The lowest BCUT2D eigenvalue weighted by Gasteiger charge is -2.29. The smallest absolute Gasteiger partial charge is 0.397 e. The summed E-state index contributed by atoms with van der Waals surface area (Å²) in [7, 11) is 1.62. The highest BCUT2D eigenvalue weighted by Crippen LogP contribution is 2.40. The van der Waals surface area contributed by atoms with E-state index in [1.807, 2.05) is 42.5 Å². The molecule has 1 aliphatic heterocycles. The van der Waals surface area contributed by atoms with Crippen molar-refractivity contribution >= 4 is 5.97 Å². The molecule has 9 heteroatoms. The third-order valence-electron chi connectivity index (χ3n) is 5.87. The van der Waals surface area contributed by atoms with Gasteiger partial charge in [-0.3, -0.25) is 0 Å². The van der Waals surface area contributed by atoms with Crippen molar-refractivity contribution < 1.29 is 33.0 Å².